The van der Waals surface area contributed by atoms with E-state index in [0.717, 1.165) is 59.5 Å². The number of piperidine rings is 1. The van der Waals surface area contributed by atoms with Crippen LogP contribution >= 0.6 is 0 Å². The summed E-state index contributed by atoms with van der Waals surface area (Å²) in [6.45, 7) is 2.41. The molecule has 0 atom stereocenters. The lowest BCUT2D eigenvalue weighted by molar-refractivity contribution is 0.145. The topological polar surface area (TPSA) is 83.5 Å². The van der Waals surface area contributed by atoms with Gasteiger partial charge in [0, 0.05) is 30.5 Å². The normalized spacial score (nSPS) is 16.6. The SMILES string of the molecule is OC1CCN(c2ccc3cc2OCCCOc2cccc(F)c2-c2cc4c-3n[nH]c4cn2)CC1. The summed E-state index contributed by atoms with van der Waals surface area (Å²) in [5.41, 5.74) is 4.28. The Morgan fingerprint density at radius 2 is 1.85 bits per heavy atom. The van der Waals surface area contributed by atoms with Crippen LogP contribution in [0.3, 0.4) is 0 Å². The highest BCUT2D eigenvalue weighted by molar-refractivity contribution is 5.95. The van der Waals surface area contributed by atoms with Gasteiger partial charge in [0.05, 0.1) is 48.0 Å². The van der Waals surface area contributed by atoms with E-state index in [9.17, 15) is 9.50 Å². The van der Waals surface area contributed by atoms with E-state index in [0.29, 0.717) is 36.6 Å². The molecule has 2 aromatic carbocycles. The fraction of sp³-hybridized carbons (Fsp3) is 0.308. The summed E-state index contributed by atoms with van der Waals surface area (Å²) in [6.07, 6.45) is 3.55. The predicted molar refractivity (Wildman–Crippen MR) is 128 cm³/mol. The lowest BCUT2D eigenvalue weighted by Gasteiger charge is -2.32. The number of aromatic nitrogens is 3. The molecule has 8 heteroatoms. The number of halogens is 1. The van der Waals surface area contributed by atoms with Crippen LogP contribution in [0.4, 0.5) is 10.1 Å². The minimum Gasteiger partial charge on any atom is -0.493 e. The number of hydrogen-bond acceptors (Lipinski definition) is 6. The van der Waals surface area contributed by atoms with E-state index in [4.69, 9.17) is 9.47 Å². The van der Waals surface area contributed by atoms with Crippen molar-refractivity contribution in [2.24, 2.45) is 0 Å². The molecule has 0 radical (unpaired) electrons. The molecule has 2 aromatic heterocycles. The molecule has 1 saturated heterocycles. The van der Waals surface area contributed by atoms with Crippen molar-refractivity contribution in [3.8, 4) is 34.0 Å². The molecule has 7 nitrogen and oxygen atoms in total. The van der Waals surface area contributed by atoms with Crippen molar-refractivity contribution in [3.05, 3.63) is 54.5 Å². The largest absolute Gasteiger partial charge is 0.493 e. The molecule has 34 heavy (non-hydrogen) atoms. The molecule has 2 aliphatic heterocycles. The van der Waals surface area contributed by atoms with Crippen LogP contribution in [0.1, 0.15) is 19.3 Å². The van der Waals surface area contributed by atoms with Crippen molar-refractivity contribution in [1.29, 1.82) is 0 Å². The van der Waals surface area contributed by atoms with Crippen LogP contribution in [-0.2, 0) is 0 Å². The molecule has 6 rings (SSSR count). The van der Waals surface area contributed by atoms with E-state index >= 15 is 0 Å². The first-order valence-corrected chi connectivity index (χ1v) is 11.6. The molecule has 2 N–H and O–H groups in total. The van der Waals surface area contributed by atoms with Crippen LogP contribution in [0.2, 0.25) is 0 Å². The van der Waals surface area contributed by atoms with Crippen LogP contribution in [-0.4, -0.2) is 52.7 Å². The lowest BCUT2D eigenvalue weighted by atomic mass is 10.0. The van der Waals surface area contributed by atoms with Gasteiger partial charge in [0.15, 0.2) is 0 Å². The van der Waals surface area contributed by atoms with Gasteiger partial charge in [0.25, 0.3) is 0 Å². The third-order valence-electron chi connectivity index (χ3n) is 6.52. The van der Waals surface area contributed by atoms with E-state index in [-0.39, 0.29) is 11.9 Å². The molecule has 4 heterocycles. The zero-order chi connectivity index (χ0) is 23.1. The number of benzene rings is 2. The molecule has 0 saturated carbocycles. The Morgan fingerprint density at radius 1 is 1.03 bits per heavy atom. The van der Waals surface area contributed by atoms with Crippen molar-refractivity contribution < 1.29 is 19.0 Å². The van der Waals surface area contributed by atoms with Crippen LogP contribution in [0.15, 0.2) is 48.7 Å². The predicted octanol–water partition coefficient (Wildman–Crippen LogP) is 4.55. The van der Waals surface area contributed by atoms with Crippen LogP contribution < -0.4 is 14.4 Å². The maximum atomic E-state index is 14.9. The molecule has 0 amide bonds. The van der Waals surface area contributed by atoms with Gasteiger partial charge in [0.2, 0.25) is 0 Å². The number of rotatable bonds is 1. The third kappa shape index (κ3) is 3.74. The summed E-state index contributed by atoms with van der Waals surface area (Å²) in [5, 5.41) is 18.3. The number of aromatic amines is 1. The number of pyridine rings is 1. The first-order chi connectivity index (χ1) is 16.7. The van der Waals surface area contributed by atoms with Gasteiger partial charge < -0.3 is 19.5 Å². The molecular weight excluding hydrogens is 435 g/mol. The number of H-pyrrole nitrogens is 1. The van der Waals surface area contributed by atoms with Crippen molar-refractivity contribution in [2.75, 3.05) is 31.2 Å². The highest BCUT2D eigenvalue weighted by Gasteiger charge is 2.22. The second kappa shape index (κ2) is 8.61. The van der Waals surface area contributed by atoms with Crippen LogP contribution in [0.5, 0.6) is 11.5 Å². The van der Waals surface area contributed by atoms with Crippen molar-refractivity contribution in [1.82, 2.24) is 15.2 Å². The third-order valence-corrected chi connectivity index (χ3v) is 6.52. The highest BCUT2D eigenvalue weighted by Crippen LogP contribution is 2.38. The van der Waals surface area contributed by atoms with Crippen molar-refractivity contribution >= 4 is 16.6 Å². The van der Waals surface area contributed by atoms with Gasteiger partial charge in [-0.15, -0.1) is 0 Å². The van der Waals surface area contributed by atoms with Crippen LogP contribution in [0.25, 0.3) is 33.4 Å². The van der Waals surface area contributed by atoms with Crippen LogP contribution in [0, 0.1) is 5.82 Å². The molecule has 4 aromatic rings. The van der Waals surface area contributed by atoms with E-state index in [1.54, 1.807) is 18.3 Å². The molecule has 0 spiro atoms. The van der Waals surface area contributed by atoms with Gasteiger partial charge in [-0.2, -0.15) is 5.10 Å². The molecule has 2 aliphatic rings. The molecular formula is C26H25FN4O3. The number of aliphatic hydroxyl groups excluding tert-OH is 1. The van der Waals surface area contributed by atoms with E-state index in [1.165, 1.54) is 6.07 Å². The summed E-state index contributed by atoms with van der Waals surface area (Å²) < 4.78 is 27.0. The summed E-state index contributed by atoms with van der Waals surface area (Å²) in [6, 6.07) is 12.8. The average molecular weight is 461 g/mol. The summed E-state index contributed by atoms with van der Waals surface area (Å²) in [7, 11) is 0. The molecule has 1 fully saturated rings. The zero-order valence-corrected chi connectivity index (χ0v) is 18.6. The minimum absolute atomic E-state index is 0.242. The van der Waals surface area contributed by atoms with Gasteiger partial charge in [-0.1, -0.05) is 12.1 Å². The molecule has 0 unspecified atom stereocenters. The maximum absolute atomic E-state index is 14.9. The van der Waals surface area contributed by atoms with Gasteiger partial charge in [0.1, 0.15) is 23.0 Å². The number of ether oxygens (including phenoxy) is 2. The second-order valence-electron chi connectivity index (χ2n) is 8.75. The van der Waals surface area contributed by atoms with Crippen molar-refractivity contribution in [2.45, 2.75) is 25.4 Å². The quantitative estimate of drug-likeness (QED) is 0.434. The minimum atomic E-state index is -0.379. The fourth-order valence-corrected chi connectivity index (χ4v) is 4.71. The van der Waals surface area contributed by atoms with E-state index in [1.807, 2.05) is 18.2 Å². The standard InChI is InChI=1S/C26H25FN4O3/c27-19-3-1-4-23-25(19)20-14-18-21(15-28-20)29-30-26(18)16-5-6-22(31-9-7-17(32)8-10-31)24(13-16)34-12-2-11-33-23/h1,3-6,13-15,17,32H,2,7-12H2,(H,29,30). The number of fused-ring (bicyclic) bond motifs is 6. The fourth-order valence-electron chi connectivity index (χ4n) is 4.71. The smallest absolute Gasteiger partial charge is 0.143 e. The Hall–Kier alpha value is -3.65. The van der Waals surface area contributed by atoms with Crippen molar-refractivity contribution in [3.63, 3.8) is 0 Å². The molecule has 4 bridgehead atoms. The number of anilines is 1. The maximum Gasteiger partial charge on any atom is 0.143 e. The Balaban J connectivity index is 1.48. The molecule has 0 aliphatic carbocycles. The number of nitrogens with one attached hydrogen (secondary N) is 1. The number of nitrogens with zero attached hydrogens (tertiary/aromatic N) is 3. The van der Waals surface area contributed by atoms with E-state index in [2.05, 4.69) is 26.1 Å². The first kappa shape index (κ1) is 20.9. The monoisotopic (exact) mass is 460 g/mol. The molecule has 174 valence electrons. The highest BCUT2D eigenvalue weighted by atomic mass is 19.1. The second-order valence-corrected chi connectivity index (χ2v) is 8.75. The number of hydrogen-bond donors (Lipinski definition) is 2. The Kier molecular flexibility index (Phi) is 5.30. The van der Waals surface area contributed by atoms with Gasteiger partial charge in [-0.05, 0) is 43.2 Å². The number of aliphatic hydroxyl groups is 1. The summed E-state index contributed by atoms with van der Waals surface area (Å²) in [5.74, 6) is 0.860. The Bertz CT molecular complexity index is 1350. The average Bonchev–Trinajstić information content (AvgIpc) is 3.27. The van der Waals surface area contributed by atoms with E-state index < -0.39 is 0 Å². The Morgan fingerprint density at radius 3 is 2.71 bits per heavy atom. The van der Waals surface area contributed by atoms with Gasteiger partial charge in [-0.25, -0.2) is 4.39 Å². The Labute approximate surface area is 196 Å². The first-order valence-electron chi connectivity index (χ1n) is 11.6. The van der Waals surface area contributed by atoms with Gasteiger partial charge >= 0.3 is 0 Å². The summed E-state index contributed by atoms with van der Waals surface area (Å²) in [4.78, 5) is 6.74. The summed E-state index contributed by atoms with van der Waals surface area (Å²) >= 11 is 0. The zero-order valence-electron chi connectivity index (χ0n) is 18.6. The van der Waals surface area contributed by atoms with Gasteiger partial charge in [-0.3, -0.25) is 10.1 Å². The lowest BCUT2D eigenvalue weighted by Crippen LogP contribution is -2.36.